The van der Waals surface area contributed by atoms with Gasteiger partial charge < -0.3 is 15.0 Å². The third-order valence-corrected chi connectivity index (χ3v) is 6.01. The molecule has 1 amide bonds. The van der Waals surface area contributed by atoms with Crippen molar-refractivity contribution >= 4 is 34.1 Å². The summed E-state index contributed by atoms with van der Waals surface area (Å²) in [4.78, 5) is 14.2. The van der Waals surface area contributed by atoms with Crippen LogP contribution in [0.1, 0.15) is 32.6 Å². The lowest BCUT2D eigenvalue weighted by Crippen LogP contribution is -2.33. The third-order valence-electron chi connectivity index (χ3n) is 3.95. The Labute approximate surface area is 139 Å². The van der Waals surface area contributed by atoms with Gasteiger partial charge in [0.2, 0.25) is 11.0 Å². The fourth-order valence-electron chi connectivity index (χ4n) is 2.73. The number of rotatable bonds is 6. The summed E-state index contributed by atoms with van der Waals surface area (Å²) in [6.45, 7) is 5.38. The zero-order valence-corrected chi connectivity index (χ0v) is 14.4. The molecule has 2 saturated heterocycles. The number of amides is 1. The van der Waals surface area contributed by atoms with Crippen molar-refractivity contribution in [2.24, 2.45) is 0 Å². The molecular weight excluding hydrogens is 320 g/mol. The molecule has 1 aromatic rings. The molecule has 22 heavy (non-hydrogen) atoms. The third kappa shape index (κ3) is 4.11. The van der Waals surface area contributed by atoms with Crippen LogP contribution < -0.4 is 5.32 Å². The van der Waals surface area contributed by atoms with Crippen LogP contribution in [-0.4, -0.2) is 58.6 Å². The van der Waals surface area contributed by atoms with Crippen molar-refractivity contribution < 1.29 is 9.53 Å². The molecule has 6 nitrogen and oxygen atoms in total. The molecule has 0 bridgehead atoms. The number of aromatic nitrogens is 2. The number of thioether (sulfide) groups is 1. The van der Waals surface area contributed by atoms with E-state index in [0.717, 1.165) is 61.4 Å². The molecular formula is C14H22N4O2S2. The van der Waals surface area contributed by atoms with Crippen LogP contribution in [0.15, 0.2) is 4.34 Å². The van der Waals surface area contributed by atoms with Crippen molar-refractivity contribution in [1.29, 1.82) is 0 Å². The monoisotopic (exact) mass is 342 g/mol. The number of nitrogens with one attached hydrogen (secondary N) is 1. The molecule has 0 spiro atoms. The average molecular weight is 342 g/mol. The molecule has 2 aliphatic rings. The number of carbonyl (C=O) groups is 1. The van der Waals surface area contributed by atoms with Gasteiger partial charge in [0, 0.05) is 26.2 Å². The van der Waals surface area contributed by atoms with Gasteiger partial charge in [0.05, 0.1) is 11.4 Å². The molecule has 3 heterocycles. The average Bonchev–Trinajstić information content (AvgIpc) is 3.26. The number of ether oxygens (including phenoxy) is 1. The van der Waals surface area contributed by atoms with Gasteiger partial charge in [0.25, 0.3) is 0 Å². The van der Waals surface area contributed by atoms with Crippen LogP contribution in [0.4, 0.5) is 5.13 Å². The maximum absolute atomic E-state index is 12.3. The van der Waals surface area contributed by atoms with Crippen molar-refractivity contribution in [3.8, 4) is 0 Å². The minimum atomic E-state index is -0.0999. The van der Waals surface area contributed by atoms with Gasteiger partial charge in [-0.2, -0.15) is 0 Å². The lowest BCUT2D eigenvalue weighted by atomic mass is 10.2. The van der Waals surface area contributed by atoms with E-state index in [2.05, 4.69) is 15.5 Å². The Hall–Kier alpha value is -0.860. The summed E-state index contributed by atoms with van der Waals surface area (Å²) < 4.78 is 6.42. The number of hydrogen-bond acceptors (Lipinski definition) is 7. The highest BCUT2D eigenvalue weighted by atomic mass is 32.2. The predicted octanol–water partition coefficient (Wildman–Crippen LogP) is 2.23. The quantitative estimate of drug-likeness (QED) is 0.800. The second-order valence-electron chi connectivity index (χ2n) is 5.68. The van der Waals surface area contributed by atoms with Crippen LogP contribution >= 0.6 is 23.1 Å². The maximum atomic E-state index is 12.3. The Morgan fingerprint density at radius 1 is 1.45 bits per heavy atom. The summed E-state index contributed by atoms with van der Waals surface area (Å²) in [5.41, 5.74) is 0. The van der Waals surface area contributed by atoms with Gasteiger partial charge in [-0.15, -0.1) is 10.2 Å². The molecule has 1 N–H and O–H groups in total. The molecule has 2 fully saturated rings. The van der Waals surface area contributed by atoms with E-state index in [4.69, 9.17) is 4.74 Å². The first-order valence-corrected chi connectivity index (χ1v) is 9.56. The van der Waals surface area contributed by atoms with E-state index in [1.807, 2.05) is 11.8 Å². The molecule has 3 rings (SSSR count). The Morgan fingerprint density at radius 2 is 2.27 bits per heavy atom. The molecule has 0 radical (unpaired) electrons. The summed E-state index contributed by atoms with van der Waals surface area (Å²) in [6, 6.07) is 0. The molecule has 0 saturated carbocycles. The van der Waals surface area contributed by atoms with Crippen LogP contribution in [-0.2, 0) is 9.53 Å². The Morgan fingerprint density at radius 3 is 3.00 bits per heavy atom. The summed E-state index contributed by atoms with van der Waals surface area (Å²) in [7, 11) is 0. The first-order valence-electron chi connectivity index (χ1n) is 7.87. The van der Waals surface area contributed by atoms with Crippen molar-refractivity contribution in [2.75, 3.05) is 31.6 Å². The van der Waals surface area contributed by atoms with Crippen LogP contribution in [0.2, 0.25) is 0 Å². The van der Waals surface area contributed by atoms with Gasteiger partial charge in [0.1, 0.15) is 0 Å². The molecule has 122 valence electrons. The summed E-state index contributed by atoms with van der Waals surface area (Å²) in [6.07, 6.45) is 4.78. The topological polar surface area (TPSA) is 67.4 Å². The lowest BCUT2D eigenvalue weighted by molar-refractivity contribution is -0.129. The van der Waals surface area contributed by atoms with E-state index in [1.54, 1.807) is 0 Å². The van der Waals surface area contributed by atoms with E-state index in [-0.39, 0.29) is 17.3 Å². The summed E-state index contributed by atoms with van der Waals surface area (Å²) in [5.74, 6) is 0.214. The van der Waals surface area contributed by atoms with Crippen LogP contribution in [0.5, 0.6) is 0 Å². The van der Waals surface area contributed by atoms with Crippen molar-refractivity contribution in [3.63, 3.8) is 0 Å². The predicted molar refractivity (Wildman–Crippen MR) is 88.5 cm³/mol. The minimum absolute atomic E-state index is 0.0999. The van der Waals surface area contributed by atoms with Crippen molar-refractivity contribution in [2.45, 2.75) is 48.3 Å². The highest BCUT2D eigenvalue weighted by Gasteiger charge is 2.25. The molecule has 2 aliphatic heterocycles. The van der Waals surface area contributed by atoms with Gasteiger partial charge in [-0.25, -0.2) is 0 Å². The fourth-order valence-corrected chi connectivity index (χ4v) is 4.72. The van der Waals surface area contributed by atoms with E-state index >= 15 is 0 Å². The zero-order valence-electron chi connectivity index (χ0n) is 12.8. The van der Waals surface area contributed by atoms with E-state index in [0.29, 0.717) is 0 Å². The van der Waals surface area contributed by atoms with Gasteiger partial charge in [0.15, 0.2) is 4.34 Å². The summed E-state index contributed by atoms with van der Waals surface area (Å²) in [5, 5.41) is 12.3. The number of carbonyl (C=O) groups excluding carboxylic acids is 1. The smallest absolute Gasteiger partial charge is 0.235 e. The van der Waals surface area contributed by atoms with Crippen LogP contribution in [0.3, 0.4) is 0 Å². The molecule has 0 aromatic carbocycles. The summed E-state index contributed by atoms with van der Waals surface area (Å²) >= 11 is 3.01. The molecule has 8 heteroatoms. The first-order chi connectivity index (χ1) is 10.7. The van der Waals surface area contributed by atoms with Crippen molar-refractivity contribution in [1.82, 2.24) is 15.1 Å². The van der Waals surface area contributed by atoms with Crippen molar-refractivity contribution in [3.05, 3.63) is 0 Å². The lowest BCUT2D eigenvalue weighted by Gasteiger charge is -2.18. The second-order valence-corrected chi connectivity index (χ2v) is 8.25. The highest BCUT2D eigenvalue weighted by molar-refractivity contribution is 8.02. The highest BCUT2D eigenvalue weighted by Crippen LogP contribution is 2.30. The van der Waals surface area contributed by atoms with Crippen LogP contribution in [0.25, 0.3) is 0 Å². The number of likely N-dealkylation sites (tertiary alicyclic amines) is 1. The molecule has 2 atom stereocenters. The largest absolute Gasteiger partial charge is 0.376 e. The van der Waals surface area contributed by atoms with Gasteiger partial charge in [-0.3, -0.25) is 4.79 Å². The Bertz CT molecular complexity index is 499. The van der Waals surface area contributed by atoms with E-state index < -0.39 is 0 Å². The number of anilines is 1. The number of hydrogen-bond donors (Lipinski definition) is 1. The first kappa shape index (κ1) is 16.0. The molecule has 2 unspecified atom stereocenters. The second kappa shape index (κ2) is 7.61. The Balaban J connectivity index is 1.46. The van der Waals surface area contributed by atoms with E-state index in [1.165, 1.54) is 23.1 Å². The van der Waals surface area contributed by atoms with Gasteiger partial charge in [-0.05, 0) is 32.6 Å². The molecule has 0 aliphatic carbocycles. The van der Waals surface area contributed by atoms with E-state index in [9.17, 15) is 4.79 Å². The normalized spacial score (nSPS) is 23.0. The maximum Gasteiger partial charge on any atom is 0.235 e. The SMILES string of the molecule is CC(Sc1nnc(NCC2CCCO2)s1)C(=O)N1CCCC1. The van der Waals surface area contributed by atoms with Crippen LogP contribution in [0, 0.1) is 0 Å². The molecule has 1 aromatic heterocycles. The fraction of sp³-hybridized carbons (Fsp3) is 0.786. The van der Waals surface area contributed by atoms with Gasteiger partial charge in [-0.1, -0.05) is 23.1 Å². The standard InChI is InChI=1S/C14H22N4O2S2/c1-10(12(19)18-6-2-3-7-18)21-14-17-16-13(22-14)15-9-11-5-4-8-20-11/h10-11H,2-9H2,1H3,(H,15,16). The Kier molecular flexibility index (Phi) is 5.54. The number of nitrogens with zero attached hydrogens (tertiary/aromatic N) is 3. The minimum Gasteiger partial charge on any atom is -0.376 e. The van der Waals surface area contributed by atoms with Gasteiger partial charge >= 0.3 is 0 Å². The zero-order chi connectivity index (χ0) is 15.4.